The average Bonchev–Trinajstić information content (AvgIpc) is 2.85. The van der Waals surface area contributed by atoms with E-state index >= 15 is 0 Å². The number of hydrogen-bond donors (Lipinski definition) is 2. The number of fused-ring (bicyclic) bond motifs is 1. The normalized spacial score (nSPS) is 24.6. The van der Waals surface area contributed by atoms with Crippen LogP contribution in [0.25, 0.3) is 10.9 Å². The van der Waals surface area contributed by atoms with Crippen LogP contribution in [0, 0.1) is 6.92 Å². The first-order valence-corrected chi connectivity index (χ1v) is 6.17. The van der Waals surface area contributed by atoms with Crippen LogP contribution in [0.4, 0.5) is 4.39 Å². The predicted octanol–water partition coefficient (Wildman–Crippen LogP) is 2.72. The molecule has 0 saturated carbocycles. The number of hydrogen-bond acceptors (Lipinski definition) is 1. The molecule has 3 heteroatoms. The van der Waals surface area contributed by atoms with Crippen molar-refractivity contribution in [1.29, 1.82) is 0 Å². The number of nitrogens with one attached hydrogen (secondary N) is 2. The third-order valence-corrected chi connectivity index (χ3v) is 3.65. The first kappa shape index (κ1) is 10.8. The van der Waals surface area contributed by atoms with Crippen LogP contribution >= 0.6 is 0 Å². The Morgan fingerprint density at radius 3 is 2.94 bits per heavy atom. The van der Waals surface area contributed by atoms with Crippen molar-refractivity contribution in [1.82, 2.24) is 10.3 Å². The number of alkyl halides is 1. The molecule has 1 aliphatic heterocycles. The van der Waals surface area contributed by atoms with E-state index in [1.807, 2.05) is 6.07 Å². The molecule has 2 heterocycles. The van der Waals surface area contributed by atoms with Gasteiger partial charge in [-0.25, -0.2) is 4.39 Å². The van der Waals surface area contributed by atoms with Gasteiger partial charge in [0.1, 0.15) is 6.17 Å². The molecule has 17 heavy (non-hydrogen) atoms. The highest BCUT2D eigenvalue weighted by molar-refractivity contribution is 5.84. The van der Waals surface area contributed by atoms with Gasteiger partial charge in [-0.2, -0.15) is 0 Å². The van der Waals surface area contributed by atoms with Gasteiger partial charge in [-0.1, -0.05) is 18.2 Å². The fourth-order valence-corrected chi connectivity index (χ4v) is 2.77. The van der Waals surface area contributed by atoms with Crippen LogP contribution in [0.5, 0.6) is 0 Å². The van der Waals surface area contributed by atoms with Gasteiger partial charge in [-0.15, -0.1) is 0 Å². The zero-order valence-corrected chi connectivity index (χ0v) is 9.96. The summed E-state index contributed by atoms with van der Waals surface area (Å²) in [6.07, 6.45) is 0.875. The topological polar surface area (TPSA) is 27.8 Å². The largest absolute Gasteiger partial charge is 0.358 e. The third-order valence-electron chi connectivity index (χ3n) is 3.65. The van der Waals surface area contributed by atoms with Gasteiger partial charge in [0.15, 0.2) is 0 Å². The summed E-state index contributed by atoms with van der Waals surface area (Å²) >= 11 is 0. The van der Waals surface area contributed by atoms with Gasteiger partial charge in [-0.3, -0.25) is 0 Å². The van der Waals surface area contributed by atoms with Crippen molar-refractivity contribution >= 4 is 10.9 Å². The lowest BCUT2D eigenvalue weighted by Gasteiger charge is -2.09. The van der Waals surface area contributed by atoms with Gasteiger partial charge >= 0.3 is 0 Å². The third kappa shape index (κ3) is 1.95. The van der Waals surface area contributed by atoms with E-state index in [-0.39, 0.29) is 6.04 Å². The Morgan fingerprint density at radius 2 is 2.18 bits per heavy atom. The van der Waals surface area contributed by atoms with Crippen LogP contribution in [0.1, 0.15) is 17.7 Å². The highest BCUT2D eigenvalue weighted by Gasteiger charge is 2.24. The predicted molar refractivity (Wildman–Crippen MR) is 68.0 cm³/mol. The summed E-state index contributed by atoms with van der Waals surface area (Å²) in [5.41, 5.74) is 3.71. The number of aromatic nitrogens is 1. The maximum atomic E-state index is 13.1. The summed E-state index contributed by atoms with van der Waals surface area (Å²) in [5, 5.41) is 4.52. The Kier molecular flexibility index (Phi) is 2.63. The molecule has 0 aliphatic carbocycles. The molecular weight excluding hydrogens is 215 g/mol. The Morgan fingerprint density at radius 1 is 1.35 bits per heavy atom. The van der Waals surface area contributed by atoms with E-state index in [2.05, 4.69) is 35.4 Å². The van der Waals surface area contributed by atoms with Crippen molar-refractivity contribution < 1.29 is 4.39 Å². The lowest BCUT2D eigenvalue weighted by atomic mass is 10.0. The highest BCUT2D eigenvalue weighted by atomic mass is 19.1. The molecule has 2 aromatic rings. The average molecular weight is 232 g/mol. The number of para-hydroxylation sites is 1. The molecule has 0 spiro atoms. The summed E-state index contributed by atoms with van der Waals surface area (Å²) in [7, 11) is 0. The van der Waals surface area contributed by atoms with E-state index in [0.717, 1.165) is 6.42 Å². The molecule has 3 rings (SSSR count). The van der Waals surface area contributed by atoms with Crippen molar-refractivity contribution in [2.75, 3.05) is 6.54 Å². The van der Waals surface area contributed by atoms with Crippen molar-refractivity contribution in [2.24, 2.45) is 0 Å². The summed E-state index contributed by atoms with van der Waals surface area (Å²) < 4.78 is 13.1. The number of benzene rings is 1. The minimum Gasteiger partial charge on any atom is -0.358 e. The van der Waals surface area contributed by atoms with Crippen molar-refractivity contribution in [3.8, 4) is 0 Å². The molecule has 90 valence electrons. The van der Waals surface area contributed by atoms with Crippen LogP contribution in [0.15, 0.2) is 24.3 Å². The Hall–Kier alpha value is -1.35. The molecule has 2 N–H and O–H groups in total. The van der Waals surface area contributed by atoms with E-state index in [4.69, 9.17) is 0 Å². The van der Waals surface area contributed by atoms with E-state index in [1.165, 1.54) is 22.2 Å². The molecule has 1 unspecified atom stereocenters. The monoisotopic (exact) mass is 232 g/mol. The van der Waals surface area contributed by atoms with E-state index in [0.29, 0.717) is 13.0 Å². The van der Waals surface area contributed by atoms with Crippen LogP contribution in [-0.2, 0) is 6.42 Å². The molecule has 2 nitrogen and oxygen atoms in total. The second-order valence-electron chi connectivity index (χ2n) is 4.92. The standard InChI is InChI=1S/C14H17FN2/c1-9-13(7-11-6-10(15)8-16-11)12-4-2-3-5-14(12)17-9/h2-5,10-11,16-17H,6-8H2,1H3/t10-,11?/m0/s1. The van der Waals surface area contributed by atoms with Crippen molar-refractivity contribution in [2.45, 2.75) is 32.0 Å². The molecule has 2 atom stereocenters. The van der Waals surface area contributed by atoms with Crippen molar-refractivity contribution in [3.63, 3.8) is 0 Å². The Bertz CT molecular complexity index is 532. The Balaban J connectivity index is 1.91. The van der Waals surface area contributed by atoms with E-state index in [9.17, 15) is 4.39 Å². The van der Waals surface area contributed by atoms with Gasteiger partial charge < -0.3 is 10.3 Å². The molecule has 1 aromatic carbocycles. The molecule has 1 aromatic heterocycles. The fraction of sp³-hybridized carbons (Fsp3) is 0.429. The van der Waals surface area contributed by atoms with Gasteiger partial charge in [0.2, 0.25) is 0 Å². The van der Waals surface area contributed by atoms with Crippen molar-refractivity contribution in [3.05, 3.63) is 35.5 Å². The SMILES string of the molecule is Cc1[nH]c2ccccc2c1CC1C[C@H](F)CN1. The highest BCUT2D eigenvalue weighted by Crippen LogP contribution is 2.25. The lowest BCUT2D eigenvalue weighted by molar-refractivity contribution is 0.355. The van der Waals surface area contributed by atoms with Crippen LogP contribution in [-0.4, -0.2) is 23.7 Å². The van der Waals surface area contributed by atoms with E-state index in [1.54, 1.807) is 0 Å². The number of aryl methyl sites for hydroxylation is 1. The molecule has 1 aliphatic rings. The molecule has 1 saturated heterocycles. The minimum absolute atomic E-state index is 0.280. The number of aromatic amines is 1. The summed E-state index contributed by atoms with van der Waals surface area (Å²) in [6, 6.07) is 8.59. The quantitative estimate of drug-likeness (QED) is 0.818. The van der Waals surface area contributed by atoms with Crippen LogP contribution in [0.3, 0.4) is 0 Å². The maximum Gasteiger partial charge on any atom is 0.114 e. The zero-order chi connectivity index (χ0) is 11.8. The second kappa shape index (κ2) is 4.15. The Labute approximate surface area is 100 Å². The molecule has 0 bridgehead atoms. The summed E-state index contributed by atoms with van der Waals surface area (Å²) in [4.78, 5) is 3.39. The fourth-order valence-electron chi connectivity index (χ4n) is 2.77. The molecule has 1 fully saturated rings. The van der Waals surface area contributed by atoms with Gasteiger partial charge in [0, 0.05) is 29.2 Å². The summed E-state index contributed by atoms with van der Waals surface area (Å²) in [6.45, 7) is 2.60. The zero-order valence-electron chi connectivity index (χ0n) is 9.96. The van der Waals surface area contributed by atoms with Gasteiger partial charge in [-0.05, 0) is 31.4 Å². The first-order valence-electron chi connectivity index (χ1n) is 6.17. The lowest BCUT2D eigenvalue weighted by Crippen LogP contribution is -2.23. The maximum absolute atomic E-state index is 13.1. The van der Waals surface area contributed by atoms with E-state index < -0.39 is 6.17 Å². The van der Waals surface area contributed by atoms with Crippen LogP contribution in [0.2, 0.25) is 0 Å². The smallest absolute Gasteiger partial charge is 0.114 e. The molecular formula is C14H17FN2. The molecule has 0 amide bonds. The number of rotatable bonds is 2. The van der Waals surface area contributed by atoms with Gasteiger partial charge in [0.05, 0.1) is 0 Å². The minimum atomic E-state index is -0.675. The first-order chi connectivity index (χ1) is 8.24. The van der Waals surface area contributed by atoms with Crippen LogP contribution < -0.4 is 5.32 Å². The van der Waals surface area contributed by atoms with Gasteiger partial charge in [0.25, 0.3) is 0 Å². The summed E-state index contributed by atoms with van der Waals surface area (Å²) in [5.74, 6) is 0. The molecule has 0 radical (unpaired) electrons. The number of H-pyrrole nitrogens is 1. The second-order valence-corrected chi connectivity index (χ2v) is 4.92. The number of halogens is 1.